The summed E-state index contributed by atoms with van der Waals surface area (Å²) in [4.78, 5) is 3.14. The van der Waals surface area contributed by atoms with Gasteiger partial charge >= 0.3 is 6.01 Å². The first-order valence-electron chi connectivity index (χ1n) is 9.44. The van der Waals surface area contributed by atoms with Crippen molar-refractivity contribution in [3.63, 3.8) is 0 Å². The van der Waals surface area contributed by atoms with Crippen molar-refractivity contribution in [3.8, 4) is 11.8 Å². The second-order valence-electron chi connectivity index (χ2n) is 6.83. The van der Waals surface area contributed by atoms with Gasteiger partial charge in [0, 0.05) is 24.3 Å². The smallest absolute Gasteiger partial charge is 0.322 e. The molecule has 0 fully saturated rings. The molecule has 8 nitrogen and oxygen atoms in total. The maximum atomic E-state index is 12.8. The van der Waals surface area contributed by atoms with Crippen molar-refractivity contribution < 1.29 is 13.2 Å². The average molecular weight is 480 g/mol. The number of aromatic amines is 1. The van der Waals surface area contributed by atoms with Crippen molar-refractivity contribution in [2.24, 2.45) is 0 Å². The van der Waals surface area contributed by atoms with Gasteiger partial charge in [0.15, 0.2) is 5.82 Å². The van der Waals surface area contributed by atoms with Gasteiger partial charge in [-0.05, 0) is 55.6 Å². The zero-order chi connectivity index (χ0) is 22.2. The fourth-order valence-corrected chi connectivity index (χ4v) is 4.78. The van der Waals surface area contributed by atoms with Gasteiger partial charge in [0.25, 0.3) is 0 Å². The Kier molecular flexibility index (Phi) is 5.94. The summed E-state index contributed by atoms with van der Waals surface area (Å²) in [7, 11) is -3.86. The summed E-state index contributed by atoms with van der Waals surface area (Å²) in [5, 5.41) is 9.76. The van der Waals surface area contributed by atoms with Crippen LogP contribution in [0.2, 0.25) is 10.0 Å². The SMILES string of the molecule is CCn1c(Oc2ccc3cc[nH]c3c2)nnc1C(C)NS(=O)(=O)c1ccc(Cl)c(Cl)c1. The second-order valence-corrected chi connectivity index (χ2v) is 9.36. The van der Waals surface area contributed by atoms with Crippen LogP contribution in [0.1, 0.15) is 25.7 Å². The quantitative estimate of drug-likeness (QED) is 0.391. The van der Waals surface area contributed by atoms with Crippen LogP contribution in [-0.4, -0.2) is 28.2 Å². The lowest BCUT2D eigenvalue weighted by Crippen LogP contribution is -2.29. The monoisotopic (exact) mass is 479 g/mol. The summed E-state index contributed by atoms with van der Waals surface area (Å²) in [5.41, 5.74) is 0.933. The maximum Gasteiger partial charge on any atom is 0.322 e. The fourth-order valence-electron chi connectivity index (χ4n) is 3.19. The molecular formula is C20H19Cl2N5O3S. The highest BCUT2D eigenvalue weighted by molar-refractivity contribution is 7.89. The number of fused-ring (bicyclic) bond motifs is 1. The molecule has 2 aromatic heterocycles. The van der Waals surface area contributed by atoms with Crippen LogP contribution in [-0.2, 0) is 16.6 Å². The van der Waals surface area contributed by atoms with Crippen molar-refractivity contribution >= 4 is 44.1 Å². The van der Waals surface area contributed by atoms with E-state index in [-0.39, 0.29) is 21.0 Å². The van der Waals surface area contributed by atoms with E-state index in [1.807, 2.05) is 37.4 Å². The highest BCUT2D eigenvalue weighted by Crippen LogP contribution is 2.28. The molecule has 0 spiro atoms. The number of hydrogen-bond acceptors (Lipinski definition) is 5. The van der Waals surface area contributed by atoms with Crippen LogP contribution in [0.5, 0.6) is 11.8 Å². The number of halogens is 2. The summed E-state index contributed by atoms with van der Waals surface area (Å²) >= 11 is 11.8. The molecule has 2 N–H and O–H groups in total. The molecule has 0 aliphatic rings. The lowest BCUT2D eigenvalue weighted by atomic mass is 10.2. The molecule has 1 unspecified atom stereocenters. The zero-order valence-electron chi connectivity index (χ0n) is 16.6. The minimum Gasteiger partial charge on any atom is -0.424 e. The lowest BCUT2D eigenvalue weighted by Gasteiger charge is -2.15. The first-order valence-corrected chi connectivity index (χ1v) is 11.7. The van der Waals surface area contributed by atoms with Crippen LogP contribution >= 0.6 is 23.2 Å². The third-order valence-electron chi connectivity index (χ3n) is 4.72. The molecule has 2 heterocycles. The summed E-state index contributed by atoms with van der Waals surface area (Å²) in [6.07, 6.45) is 1.85. The van der Waals surface area contributed by atoms with Gasteiger partial charge in [-0.15, -0.1) is 5.10 Å². The van der Waals surface area contributed by atoms with E-state index in [4.69, 9.17) is 27.9 Å². The maximum absolute atomic E-state index is 12.8. The van der Waals surface area contributed by atoms with Crippen LogP contribution in [0, 0.1) is 0 Å². The van der Waals surface area contributed by atoms with E-state index >= 15 is 0 Å². The summed E-state index contributed by atoms with van der Waals surface area (Å²) in [6.45, 7) is 4.06. The Bertz CT molecular complexity index is 1350. The highest BCUT2D eigenvalue weighted by atomic mass is 35.5. The van der Waals surface area contributed by atoms with Gasteiger partial charge in [-0.2, -0.15) is 0 Å². The third kappa shape index (κ3) is 4.40. The average Bonchev–Trinajstić information content (AvgIpc) is 3.35. The normalized spacial score (nSPS) is 12.9. The topological polar surface area (TPSA) is 102 Å². The number of H-pyrrole nitrogens is 1. The number of nitrogens with one attached hydrogen (secondary N) is 2. The van der Waals surface area contributed by atoms with Crippen molar-refractivity contribution in [3.05, 3.63) is 64.5 Å². The molecule has 0 amide bonds. The predicted octanol–water partition coefficient (Wildman–Crippen LogP) is 4.92. The molecule has 162 valence electrons. The van der Waals surface area contributed by atoms with E-state index in [2.05, 4.69) is 19.9 Å². The first kappa shape index (κ1) is 21.6. The van der Waals surface area contributed by atoms with E-state index in [1.165, 1.54) is 18.2 Å². The highest BCUT2D eigenvalue weighted by Gasteiger charge is 2.24. The van der Waals surface area contributed by atoms with E-state index in [0.29, 0.717) is 18.1 Å². The lowest BCUT2D eigenvalue weighted by molar-refractivity contribution is 0.408. The molecule has 31 heavy (non-hydrogen) atoms. The minimum atomic E-state index is -3.86. The molecule has 0 aliphatic heterocycles. The molecule has 0 saturated heterocycles. The van der Waals surface area contributed by atoms with Gasteiger partial charge in [0.1, 0.15) is 5.75 Å². The summed E-state index contributed by atoms with van der Waals surface area (Å²) in [5.74, 6) is 1.01. The first-order chi connectivity index (χ1) is 14.8. The van der Waals surface area contributed by atoms with Crippen LogP contribution in [0.15, 0.2) is 53.6 Å². The van der Waals surface area contributed by atoms with Crippen LogP contribution in [0.3, 0.4) is 0 Å². The van der Waals surface area contributed by atoms with E-state index in [0.717, 1.165) is 10.9 Å². The van der Waals surface area contributed by atoms with Crippen LogP contribution < -0.4 is 9.46 Å². The van der Waals surface area contributed by atoms with Crippen molar-refractivity contribution in [1.82, 2.24) is 24.5 Å². The Morgan fingerprint density at radius 3 is 2.68 bits per heavy atom. The second kappa shape index (κ2) is 8.51. The Morgan fingerprint density at radius 1 is 1.13 bits per heavy atom. The largest absolute Gasteiger partial charge is 0.424 e. The van der Waals surface area contributed by atoms with Gasteiger partial charge < -0.3 is 9.72 Å². The van der Waals surface area contributed by atoms with E-state index in [1.54, 1.807) is 11.5 Å². The van der Waals surface area contributed by atoms with Gasteiger partial charge in [-0.3, -0.25) is 4.57 Å². The van der Waals surface area contributed by atoms with Crippen molar-refractivity contribution in [1.29, 1.82) is 0 Å². The molecule has 1 atom stereocenters. The van der Waals surface area contributed by atoms with Crippen molar-refractivity contribution in [2.75, 3.05) is 0 Å². The van der Waals surface area contributed by atoms with E-state index in [9.17, 15) is 8.42 Å². The number of rotatable bonds is 7. The number of aromatic nitrogens is 4. The molecule has 0 saturated carbocycles. The van der Waals surface area contributed by atoms with Gasteiger partial charge in [0.05, 0.1) is 21.0 Å². The fraction of sp³-hybridized carbons (Fsp3) is 0.200. The number of hydrogen-bond donors (Lipinski definition) is 2. The minimum absolute atomic E-state index is 0.00652. The molecule has 4 rings (SSSR count). The number of benzene rings is 2. The Hall–Kier alpha value is -2.59. The Labute approximate surface area is 189 Å². The third-order valence-corrected chi connectivity index (χ3v) is 7.00. The molecule has 0 radical (unpaired) electrons. The van der Waals surface area contributed by atoms with Crippen molar-refractivity contribution in [2.45, 2.75) is 31.3 Å². The van der Waals surface area contributed by atoms with Gasteiger partial charge in [0.2, 0.25) is 10.0 Å². The molecule has 11 heteroatoms. The number of sulfonamides is 1. The predicted molar refractivity (Wildman–Crippen MR) is 119 cm³/mol. The molecule has 0 aliphatic carbocycles. The van der Waals surface area contributed by atoms with E-state index < -0.39 is 16.1 Å². The molecule has 4 aromatic rings. The van der Waals surface area contributed by atoms with Gasteiger partial charge in [-0.25, -0.2) is 13.1 Å². The van der Waals surface area contributed by atoms with Crippen LogP contribution in [0.25, 0.3) is 10.9 Å². The number of nitrogens with zero attached hydrogens (tertiary/aromatic N) is 3. The van der Waals surface area contributed by atoms with Gasteiger partial charge in [-0.1, -0.05) is 28.3 Å². The zero-order valence-corrected chi connectivity index (χ0v) is 19.0. The molecule has 2 aromatic carbocycles. The summed E-state index contributed by atoms with van der Waals surface area (Å²) < 4.78 is 35.8. The standard InChI is InChI=1S/C20H19Cl2N5O3S/c1-3-27-19(12(2)26-31(28,29)15-6-7-16(21)17(22)11-15)24-25-20(27)30-14-5-4-13-8-9-23-18(13)10-14/h4-12,23,26H,3H2,1-2H3. The van der Waals surface area contributed by atoms with Crippen LogP contribution in [0.4, 0.5) is 0 Å². The number of ether oxygens (including phenoxy) is 1. The molecule has 0 bridgehead atoms. The molecular weight excluding hydrogens is 461 g/mol. The Balaban J connectivity index is 1.57. The Morgan fingerprint density at radius 2 is 1.94 bits per heavy atom. The summed E-state index contributed by atoms with van der Waals surface area (Å²) in [6, 6.07) is 11.3.